The Morgan fingerprint density at radius 3 is 3.00 bits per heavy atom. The molecule has 0 fully saturated rings. The molecule has 0 unspecified atom stereocenters. The predicted octanol–water partition coefficient (Wildman–Crippen LogP) is 1.71. The normalized spacial score (nSPS) is 10.4. The van der Waals surface area contributed by atoms with Crippen molar-refractivity contribution in [2.45, 2.75) is 26.2 Å². The van der Waals surface area contributed by atoms with Crippen molar-refractivity contribution >= 4 is 0 Å². The third-order valence-electron chi connectivity index (χ3n) is 2.63. The number of H-pyrrole nitrogens is 1. The molecule has 0 aliphatic carbocycles. The van der Waals surface area contributed by atoms with Gasteiger partial charge in [-0.1, -0.05) is 19.4 Å². The van der Waals surface area contributed by atoms with Crippen molar-refractivity contribution in [3.8, 4) is 0 Å². The fraction of sp³-hybridized carbons (Fsp3) is 0.308. The summed E-state index contributed by atoms with van der Waals surface area (Å²) < 4.78 is 0. The van der Waals surface area contributed by atoms with Crippen LogP contribution in [0.2, 0.25) is 0 Å². The summed E-state index contributed by atoms with van der Waals surface area (Å²) in [4.78, 5) is 22.7. The monoisotopic (exact) mass is 229 g/mol. The highest BCUT2D eigenvalue weighted by Crippen LogP contribution is 2.09. The number of aromatic nitrogens is 3. The molecule has 1 N–H and O–H groups in total. The summed E-state index contributed by atoms with van der Waals surface area (Å²) in [6, 6.07) is 3.88. The van der Waals surface area contributed by atoms with E-state index in [1.54, 1.807) is 12.4 Å². The maximum Gasteiger partial charge on any atom is 0.254 e. The zero-order valence-corrected chi connectivity index (χ0v) is 9.81. The molecule has 2 aromatic heterocycles. The molecule has 0 atom stereocenters. The molecule has 0 aromatic carbocycles. The van der Waals surface area contributed by atoms with Crippen molar-refractivity contribution in [3.63, 3.8) is 0 Å². The Morgan fingerprint density at radius 2 is 2.29 bits per heavy atom. The van der Waals surface area contributed by atoms with Gasteiger partial charge in [-0.3, -0.25) is 9.78 Å². The lowest BCUT2D eigenvalue weighted by Gasteiger charge is -2.05. The van der Waals surface area contributed by atoms with Crippen LogP contribution in [0.4, 0.5) is 0 Å². The predicted molar refractivity (Wildman–Crippen MR) is 65.9 cm³/mol. The van der Waals surface area contributed by atoms with E-state index >= 15 is 0 Å². The first-order chi connectivity index (χ1) is 8.31. The van der Waals surface area contributed by atoms with E-state index < -0.39 is 0 Å². The molecular formula is C13H15N3O. The van der Waals surface area contributed by atoms with Crippen molar-refractivity contribution < 1.29 is 0 Å². The van der Waals surface area contributed by atoms with Crippen LogP contribution in [0.3, 0.4) is 0 Å². The van der Waals surface area contributed by atoms with Gasteiger partial charge in [0.25, 0.3) is 5.56 Å². The van der Waals surface area contributed by atoms with Crippen LogP contribution in [0.25, 0.3) is 0 Å². The van der Waals surface area contributed by atoms with E-state index in [9.17, 15) is 4.79 Å². The zero-order chi connectivity index (χ0) is 12.1. The van der Waals surface area contributed by atoms with Crippen LogP contribution in [0.5, 0.6) is 0 Å². The van der Waals surface area contributed by atoms with Crippen molar-refractivity contribution in [2.75, 3.05) is 0 Å². The standard InChI is InChI=1S/C13H15N3O/c1-2-4-11-12(15-9-16-13(11)17)7-10-5-3-6-14-8-10/h3,5-6,8-9H,2,4,7H2,1H3,(H,15,16,17). The zero-order valence-electron chi connectivity index (χ0n) is 9.81. The topological polar surface area (TPSA) is 58.6 Å². The summed E-state index contributed by atoms with van der Waals surface area (Å²) in [6.45, 7) is 2.06. The van der Waals surface area contributed by atoms with E-state index in [2.05, 4.69) is 21.9 Å². The lowest BCUT2D eigenvalue weighted by atomic mass is 10.0. The summed E-state index contributed by atoms with van der Waals surface area (Å²) >= 11 is 0. The van der Waals surface area contributed by atoms with E-state index in [0.717, 1.165) is 29.7 Å². The molecule has 0 aliphatic heterocycles. The van der Waals surface area contributed by atoms with Gasteiger partial charge in [-0.15, -0.1) is 0 Å². The van der Waals surface area contributed by atoms with Crippen LogP contribution in [0, 0.1) is 0 Å². The minimum Gasteiger partial charge on any atom is -0.313 e. The molecule has 0 radical (unpaired) electrons. The Balaban J connectivity index is 2.32. The van der Waals surface area contributed by atoms with Gasteiger partial charge in [0.2, 0.25) is 0 Å². The van der Waals surface area contributed by atoms with Crippen molar-refractivity contribution in [2.24, 2.45) is 0 Å². The van der Waals surface area contributed by atoms with Gasteiger partial charge in [0, 0.05) is 24.4 Å². The van der Waals surface area contributed by atoms with Gasteiger partial charge >= 0.3 is 0 Å². The first kappa shape index (κ1) is 11.5. The van der Waals surface area contributed by atoms with Gasteiger partial charge in [0.05, 0.1) is 12.0 Å². The van der Waals surface area contributed by atoms with E-state index in [1.807, 2.05) is 12.1 Å². The number of nitrogens with one attached hydrogen (secondary N) is 1. The van der Waals surface area contributed by atoms with Gasteiger partial charge in [-0.2, -0.15) is 0 Å². The van der Waals surface area contributed by atoms with Gasteiger partial charge in [0.1, 0.15) is 0 Å². The third kappa shape index (κ3) is 2.78. The van der Waals surface area contributed by atoms with Crippen LogP contribution >= 0.6 is 0 Å². The number of aromatic amines is 1. The van der Waals surface area contributed by atoms with Gasteiger partial charge in [-0.25, -0.2) is 4.98 Å². The van der Waals surface area contributed by atoms with E-state index in [0.29, 0.717) is 6.42 Å². The van der Waals surface area contributed by atoms with E-state index in [4.69, 9.17) is 0 Å². The average Bonchev–Trinajstić information content (AvgIpc) is 2.35. The fourth-order valence-electron chi connectivity index (χ4n) is 1.82. The molecule has 17 heavy (non-hydrogen) atoms. The minimum atomic E-state index is -0.0271. The number of hydrogen-bond acceptors (Lipinski definition) is 3. The SMILES string of the molecule is CCCc1c(Cc2cccnc2)nc[nH]c1=O. The average molecular weight is 229 g/mol. The largest absolute Gasteiger partial charge is 0.313 e. The molecule has 0 spiro atoms. The molecule has 0 saturated heterocycles. The molecule has 2 rings (SSSR count). The van der Waals surface area contributed by atoms with Gasteiger partial charge in [0.15, 0.2) is 0 Å². The second kappa shape index (κ2) is 5.39. The molecule has 0 amide bonds. The molecule has 0 aliphatic rings. The summed E-state index contributed by atoms with van der Waals surface area (Å²) in [5, 5.41) is 0. The second-order valence-electron chi connectivity index (χ2n) is 3.94. The Hall–Kier alpha value is -1.97. The number of rotatable bonds is 4. The third-order valence-corrected chi connectivity index (χ3v) is 2.63. The lowest BCUT2D eigenvalue weighted by molar-refractivity contribution is 0.848. The highest BCUT2D eigenvalue weighted by molar-refractivity contribution is 5.24. The Bertz CT molecular complexity index is 534. The van der Waals surface area contributed by atoms with Crippen molar-refractivity contribution in [1.82, 2.24) is 15.0 Å². The lowest BCUT2D eigenvalue weighted by Crippen LogP contribution is -2.17. The summed E-state index contributed by atoms with van der Waals surface area (Å²) in [5.41, 5.74) is 2.69. The van der Waals surface area contributed by atoms with Crippen LogP contribution < -0.4 is 5.56 Å². The van der Waals surface area contributed by atoms with E-state index in [1.165, 1.54) is 6.33 Å². The quantitative estimate of drug-likeness (QED) is 0.868. The highest BCUT2D eigenvalue weighted by Gasteiger charge is 2.08. The van der Waals surface area contributed by atoms with Crippen molar-refractivity contribution in [1.29, 1.82) is 0 Å². The second-order valence-corrected chi connectivity index (χ2v) is 3.94. The minimum absolute atomic E-state index is 0.0271. The molecule has 88 valence electrons. The van der Waals surface area contributed by atoms with Crippen LogP contribution in [0.1, 0.15) is 30.2 Å². The molecule has 2 aromatic rings. The highest BCUT2D eigenvalue weighted by atomic mass is 16.1. The number of pyridine rings is 1. The van der Waals surface area contributed by atoms with Gasteiger partial charge in [-0.05, 0) is 18.1 Å². The maximum absolute atomic E-state index is 11.7. The van der Waals surface area contributed by atoms with Crippen LogP contribution in [-0.2, 0) is 12.8 Å². The Kier molecular flexibility index (Phi) is 3.65. The summed E-state index contributed by atoms with van der Waals surface area (Å²) in [7, 11) is 0. The summed E-state index contributed by atoms with van der Waals surface area (Å²) in [6.07, 6.45) is 7.37. The molecule has 4 heteroatoms. The smallest absolute Gasteiger partial charge is 0.254 e. The molecule has 0 saturated carbocycles. The van der Waals surface area contributed by atoms with Crippen LogP contribution in [-0.4, -0.2) is 15.0 Å². The first-order valence-corrected chi connectivity index (χ1v) is 5.75. The molecule has 0 bridgehead atoms. The van der Waals surface area contributed by atoms with Gasteiger partial charge < -0.3 is 4.98 Å². The molecule has 4 nitrogen and oxygen atoms in total. The fourth-order valence-corrected chi connectivity index (χ4v) is 1.82. The number of hydrogen-bond donors (Lipinski definition) is 1. The Labute approximate surface area is 99.8 Å². The van der Waals surface area contributed by atoms with Crippen LogP contribution in [0.15, 0.2) is 35.6 Å². The number of nitrogens with zero attached hydrogens (tertiary/aromatic N) is 2. The summed E-state index contributed by atoms with van der Waals surface area (Å²) in [5.74, 6) is 0. The first-order valence-electron chi connectivity index (χ1n) is 5.75. The molecule has 2 heterocycles. The maximum atomic E-state index is 11.7. The van der Waals surface area contributed by atoms with E-state index in [-0.39, 0.29) is 5.56 Å². The molecular weight excluding hydrogens is 214 g/mol. The van der Waals surface area contributed by atoms with Crippen molar-refractivity contribution in [3.05, 3.63) is 58.0 Å². The Morgan fingerprint density at radius 1 is 1.41 bits per heavy atom.